The van der Waals surface area contributed by atoms with Gasteiger partial charge in [-0.3, -0.25) is 0 Å². The molecule has 0 fully saturated rings. The van der Waals surface area contributed by atoms with E-state index in [1.54, 1.807) is 0 Å². The third-order valence-electron chi connectivity index (χ3n) is 4.90. The number of nitrogens with one attached hydrogen (secondary N) is 1. The maximum Gasteiger partial charge on any atom is 0.135 e. The topological polar surface area (TPSA) is 21.3 Å². The van der Waals surface area contributed by atoms with E-state index in [9.17, 15) is 0 Å². The summed E-state index contributed by atoms with van der Waals surface area (Å²) in [6.07, 6.45) is 6.68. The largest absolute Gasteiger partial charge is 0.456 e. The minimum absolute atomic E-state index is 0.0357. The highest BCUT2D eigenvalue weighted by molar-refractivity contribution is 5.97. The first-order valence-electron chi connectivity index (χ1n) is 9.13. The molecule has 25 heavy (non-hydrogen) atoms. The van der Waals surface area contributed by atoms with Gasteiger partial charge < -0.3 is 10.1 Å². The molecule has 0 spiro atoms. The Labute approximate surface area is 150 Å². The van der Waals surface area contributed by atoms with E-state index in [-0.39, 0.29) is 5.54 Å². The van der Waals surface area contributed by atoms with E-state index in [4.69, 9.17) is 4.74 Å². The summed E-state index contributed by atoms with van der Waals surface area (Å²) in [7, 11) is 0. The molecule has 0 aliphatic carbocycles. The fraction of sp³-hybridized carbons (Fsp3) is 0.304. The molecule has 2 aromatic rings. The normalized spacial score (nSPS) is 18.4. The lowest BCUT2D eigenvalue weighted by molar-refractivity contribution is 0.509. The Bertz CT molecular complexity index is 902. The van der Waals surface area contributed by atoms with Crippen molar-refractivity contribution >= 4 is 17.0 Å². The second-order valence-electron chi connectivity index (χ2n) is 7.54. The Morgan fingerprint density at radius 2 is 1.84 bits per heavy atom. The lowest BCUT2D eigenvalue weighted by Crippen LogP contribution is -2.32. The quantitative estimate of drug-likeness (QED) is 0.678. The van der Waals surface area contributed by atoms with E-state index in [1.165, 1.54) is 33.5 Å². The molecule has 0 aromatic heterocycles. The van der Waals surface area contributed by atoms with Gasteiger partial charge in [0, 0.05) is 22.4 Å². The first-order valence-corrected chi connectivity index (χ1v) is 9.13. The summed E-state index contributed by atoms with van der Waals surface area (Å²) in [5.74, 6) is 1.93. The molecule has 0 saturated heterocycles. The van der Waals surface area contributed by atoms with Crippen LogP contribution in [0.2, 0.25) is 0 Å². The third kappa shape index (κ3) is 2.66. The molecule has 2 aliphatic rings. The maximum absolute atomic E-state index is 6.33. The van der Waals surface area contributed by atoms with Gasteiger partial charge in [0.1, 0.15) is 11.5 Å². The smallest absolute Gasteiger partial charge is 0.135 e. The first-order chi connectivity index (χ1) is 12.0. The first kappa shape index (κ1) is 16.0. The molecular weight excluding hydrogens is 306 g/mol. The zero-order valence-corrected chi connectivity index (χ0v) is 15.4. The van der Waals surface area contributed by atoms with Gasteiger partial charge in [-0.05, 0) is 56.5 Å². The zero-order valence-electron chi connectivity index (χ0n) is 15.4. The predicted molar refractivity (Wildman–Crippen MR) is 107 cm³/mol. The van der Waals surface area contributed by atoms with Crippen LogP contribution in [0.5, 0.6) is 5.75 Å². The van der Waals surface area contributed by atoms with Gasteiger partial charge >= 0.3 is 0 Å². The number of fused-ring (bicyclic) bond motifs is 5. The van der Waals surface area contributed by atoms with Crippen LogP contribution < -0.4 is 10.1 Å². The Hall–Kier alpha value is -2.48. The highest BCUT2D eigenvalue weighted by Gasteiger charge is 2.30. The van der Waals surface area contributed by atoms with Gasteiger partial charge in [-0.1, -0.05) is 43.7 Å². The van der Waals surface area contributed by atoms with Gasteiger partial charge in [-0.2, -0.15) is 0 Å². The molecule has 1 N–H and O–H groups in total. The Kier molecular flexibility index (Phi) is 3.72. The summed E-state index contributed by atoms with van der Waals surface area (Å²) in [4.78, 5) is 0. The van der Waals surface area contributed by atoms with Crippen molar-refractivity contribution in [3.8, 4) is 16.9 Å². The van der Waals surface area contributed by atoms with Crippen LogP contribution in [-0.2, 0) is 0 Å². The monoisotopic (exact) mass is 331 g/mol. The zero-order chi connectivity index (χ0) is 17.6. The van der Waals surface area contributed by atoms with Gasteiger partial charge in [-0.15, -0.1) is 0 Å². The maximum atomic E-state index is 6.33. The van der Waals surface area contributed by atoms with E-state index in [1.807, 2.05) is 6.07 Å². The predicted octanol–water partition coefficient (Wildman–Crippen LogP) is 6.49. The minimum Gasteiger partial charge on any atom is -0.456 e. The van der Waals surface area contributed by atoms with E-state index < -0.39 is 0 Å². The van der Waals surface area contributed by atoms with E-state index >= 15 is 0 Å². The van der Waals surface area contributed by atoms with Crippen molar-refractivity contribution < 1.29 is 4.74 Å². The molecule has 0 radical (unpaired) electrons. The molecule has 0 atom stereocenters. The summed E-state index contributed by atoms with van der Waals surface area (Å²) < 4.78 is 6.33. The van der Waals surface area contributed by atoms with Crippen molar-refractivity contribution in [1.29, 1.82) is 0 Å². The fourth-order valence-corrected chi connectivity index (χ4v) is 3.96. The number of hydrogen-bond acceptors (Lipinski definition) is 2. The number of ether oxygens (including phenoxy) is 1. The van der Waals surface area contributed by atoms with Crippen molar-refractivity contribution in [2.75, 3.05) is 5.32 Å². The van der Waals surface area contributed by atoms with Gasteiger partial charge in [0.2, 0.25) is 0 Å². The second-order valence-corrected chi connectivity index (χ2v) is 7.54. The molecule has 128 valence electrons. The molecule has 0 amide bonds. The van der Waals surface area contributed by atoms with Crippen LogP contribution in [0.1, 0.15) is 51.7 Å². The number of benzene rings is 2. The van der Waals surface area contributed by atoms with E-state index in [0.29, 0.717) is 0 Å². The summed E-state index contributed by atoms with van der Waals surface area (Å²) >= 11 is 0. The number of hydrogen-bond donors (Lipinski definition) is 1. The fourth-order valence-electron chi connectivity index (χ4n) is 3.96. The molecule has 0 bridgehead atoms. The van der Waals surface area contributed by atoms with Crippen molar-refractivity contribution in [3.05, 3.63) is 59.7 Å². The van der Waals surface area contributed by atoms with Crippen molar-refractivity contribution in [2.24, 2.45) is 0 Å². The summed E-state index contributed by atoms with van der Waals surface area (Å²) in [5, 5.41) is 3.66. The van der Waals surface area contributed by atoms with E-state index in [0.717, 1.165) is 24.4 Å². The lowest BCUT2D eigenvalue weighted by Gasteiger charge is -2.35. The highest BCUT2D eigenvalue weighted by atomic mass is 16.5. The van der Waals surface area contributed by atoms with Crippen LogP contribution in [0, 0.1) is 0 Å². The van der Waals surface area contributed by atoms with Crippen LogP contribution in [0.4, 0.5) is 5.69 Å². The Morgan fingerprint density at radius 3 is 2.64 bits per heavy atom. The summed E-state index contributed by atoms with van der Waals surface area (Å²) in [6.45, 7) is 8.82. The average molecular weight is 331 g/mol. The number of allylic oxidation sites excluding steroid dienone is 2. The van der Waals surface area contributed by atoms with Crippen LogP contribution in [-0.4, -0.2) is 5.54 Å². The standard InChI is InChI=1S/C23H25NO/c1-5-6-10-20-22-17(16-9-7-8-11-19(16)25-20)12-13-18-21(22)15(2)14-23(3,4)24-18/h7-14,24H,5-6H2,1-4H3. The van der Waals surface area contributed by atoms with Gasteiger partial charge in [0.15, 0.2) is 0 Å². The molecule has 2 heteroatoms. The van der Waals surface area contributed by atoms with Crippen molar-refractivity contribution in [2.45, 2.75) is 46.1 Å². The van der Waals surface area contributed by atoms with Crippen LogP contribution in [0.3, 0.4) is 0 Å². The highest BCUT2D eigenvalue weighted by Crippen LogP contribution is 2.48. The SMILES string of the molecule is CCCC=C1Oc2ccccc2-c2ccc3c(c21)C(C)=CC(C)(C)N3. The van der Waals surface area contributed by atoms with Crippen LogP contribution >= 0.6 is 0 Å². The number of para-hydroxylation sites is 1. The lowest BCUT2D eigenvalue weighted by atomic mass is 9.83. The van der Waals surface area contributed by atoms with Crippen LogP contribution in [0.15, 0.2) is 48.6 Å². The minimum atomic E-state index is -0.0357. The molecule has 0 saturated carbocycles. The number of rotatable bonds is 2. The van der Waals surface area contributed by atoms with Crippen molar-refractivity contribution in [3.63, 3.8) is 0 Å². The number of unbranched alkanes of at least 4 members (excludes halogenated alkanes) is 1. The van der Waals surface area contributed by atoms with Gasteiger partial charge in [0.25, 0.3) is 0 Å². The third-order valence-corrected chi connectivity index (χ3v) is 4.90. The van der Waals surface area contributed by atoms with E-state index in [2.05, 4.69) is 75.5 Å². The van der Waals surface area contributed by atoms with Crippen molar-refractivity contribution in [1.82, 2.24) is 0 Å². The Balaban J connectivity index is 2.00. The van der Waals surface area contributed by atoms with Gasteiger partial charge in [0.05, 0.1) is 5.54 Å². The number of anilines is 1. The van der Waals surface area contributed by atoms with Gasteiger partial charge in [-0.25, -0.2) is 0 Å². The average Bonchev–Trinajstić information content (AvgIpc) is 2.57. The molecule has 2 aliphatic heterocycles. The summed E-state index contributed by atoms with van der Waals surface area (Å²) in [6, 6.07) is 12.8. The molecule has 4 rings (SSSR count). The Morgan fingerprint density at radius 1 is 1.04 bits per heavy atom. The van der Waals surface area contributed by atoms with Crippen LogP contribution in [0.25, 0.3) is 22.5 Å². The summed E-state index contributed by atoms with van der Waals surface area (Å²) in [5.41, 5.74) is 7.39. The molecule has 0 unspecified atom stereocenters. The molecule has 2 nitrogen and oxygen atoms in total. The molecule has 2 aromatic carbocycles. The second kappa shape index (κ2) is 5.80. The molecule has 2 heterocycles. The molecular formula is C23H25NO.